The van der Waals surface area contributed by atoms with Crippen molar-refractivity contribution in [2.24, 2.45) is 0 Å². The van der Waals surface area contributed by atoms with Crippen molar-refractivity contribution in [3.63, 3.8) is 0 Å². The molecule has 9 heteroatoms. The van der Waals surface area contributed by atoms with Gasteiger partial charge in [-0.25, -0.2) is 8.78 Å². The van der Waals surface area contributed by atoms with E-state index >= 15 is 0 Å². The van der Waals surface area contributed by atoms with Crippen LogP contribution < -0.4 is 10.2 Å². The van der Waals surface area contributed by atoms with Crippen LogP contribution in [0.2, 0.25) is 0 Å². The topological polar surface area (TPSA) is 55.9 Å². The van der Waals surface area contributed by atoms with Crippen molar-refractivity contribution in [3.05, 3.63) is 132 Å². The number of benzene rings is 4. The van der Waals surface area contributed by atoms with Crippen molar-refractivity contribution in [2.45, 2.75) is 27.7 Å². The third-order valence-corrected chi connectivity index (χ3v) is 7.65. The molecule has 0 saturated heterocycles. The lowest BCUT2D eigenvalue weighted by Crippen LogP contribution is -2.38. The van der Waals surface area contributed by atoms with Crippen LogP contribution >= 0.6 is 11.6 Å². The second-order valence-corrected chi connectivity index (χ2v) is 10.8. The molecular formula is C38H47ClF2N4O2. The second kappa shape index (κ2) is 22.4. The van der Waals surface area contributed by atoms with Crippen molar-refractivity contribution in [2.75, 3.05) is 62.6 Å². The molecule has 0 aliphatic rings. The van der Waals surface area contributed by atoms with E-state index in [2.05, 4.69) is 67.1 Å². The van der Waals surface area contributed by atoms with Gasteiger partial charge >= 0.3 is 0 Å². The number of carbonyl (C=O) groups excluding carboxylic acids is 2. The Kier molecular flexibility index (Phi) is 18.6. The van der Waals surface area contributed by atoms with Crippen molar-refractivity contribution in [3.8, 4) is 0 Å². The van der Waals surface area contributed by atoms with E-state index < -0.39 is 5.24 Å². The molecule has 4 rings (SSSR count). The summed E-state index contributed by atoms with van der Waals surface area (Å²) in [5.41, 5.74) is 2.87. The maximum atomic E-state index is 13.1. The van der Waals surface area contributed by atoms with Gasteiger partial charge in [-0.05, 0) is 111 Å². The first-order valence-electron chi connectivity index (χ1n) is 16.0. The van der Waals surface area contributed by atoms with Crippen LogP contribution in [0.3, 0.4) is 0 Å². The lowest BCUT2D eigenvalue weighted by Gasteiger charge is -2.26. The first-order valence-corrected chi connectivity index (χ1v) is 16.4. The number of para-hydroxylation sites is 2. The molecule has 0 heterocycles. The smallest absolute Gasteiger partial charge is 0.258 e. The van der Waals surface area contributed by atoms with Crippen molar-refractivity contribution < 1.29 is 18.4 Å². The number of nitrogens with zero attached hydrogens (tertiary/aromatic N) is 3. The van der Waals surface area contributed by atoms with Gasteiger partial charge in [-0.15, -0.1) is 0 Å². The molecule has 4 aromatic rings. The molecule has 1 amide bonds. The quantitative estimate of drug-likeness (QED) is 0.137. The van der Waals surface area contributed by atoms with Gasteiger partial charge in [-0.3, -0.25) is 9.59 Å². The van der Waals surface area contributed by atoms with Gasteiger partial charge in [0.05, 0.1) is 0 Å². The number of halogens is 3. The van der Waals surface area contributed by atoms with Gasteiger partial charge in [0.15, 0.2) is 0 Å². The molecule has 47 heavy (non-hydrogen) atoms. The van der Waals surface area contributed by atoms with Crippen molar-refractivity contribution >= 4 is 34.1 Å². The van der Waals surface area contributed by atoms with E-state index in [9.17, 15) is 18.4 Å². The summed E-state index contributed by atoms with van der Waals surface area (Å²) in [6.45, 7) is 16.3. The minimum absolute atomic E-state index is 0.108. The van der Waals surface area contributed by atoms with Crippen LogP contribution in [0, 0.1) is 11.6 Å². The number of likely N-dealkylation sites (N-methyl/N-ethyl adjacent to an activating group) is 2. The fourth-order valence-corrected chi connectivity index (χ4v) is 4.65. The summed E-state index contributed by atoms with van der Waals surface area (Å²) in [4.78, 5) is 29.7. The van der Waals surface area contributed by atoms with Crippen LogP contribution in [0.1, 0.15) is 48.4 Å². The number of carbonyl (C=O) groups is 2. The van der Waals surface area contributed by atoms with E-state index in [1.54, 1.807) is 4.90 Å². The molecule has 0 unspecified atom stereocenters. The Labute approximate surface area is 284 Å². The van der Waals surface area contributed by atoms with Crippen molar-refractivity contribution in [1.82, 2.24) is 9.80 Å². The fourth-order valence-electron chi connectivity index (χ4n) is 4.52. The molecule has 0 spiro atoms. The minimum Gasteiger partial charge on any atom is -0.384 e. The Morgan fingerprint density at radius 2 is 1.04 bits per heavy atom. The summed E-state index contributed by atoms with van der Waals surface area (Å²) in [6.07, 6.45) is 0. The van der Waals surface area contributed by atoms with Crippen LogP contribution in [-0.4, -0.2) is 73.3 Å². The molecule has 0 atom stereocenters. The molecule has 0 radical (unpaired) electrons. The zero-order chi connectivity index (χ0) is 34.4. The number of rotatable bonds is 14. The van der Waals surface area contributed by atoms with Gasteiger partial charge in [0.1, 0.15) is 11.6 Å². The molecule has 0 aliphatic heterocycles. The molecule has 0 saturated carbocycles. The van der Waals surface area contributed by atoms with Crippen molar-refractivity contribution in [1.29, 1.82) is 0 Å². The fraction of sp³-hybridized carbons (Fsp3) is 0.316. The molecule has 0 aromatic heterocycles. The van der Waals surface area contributed by atoms with Crippen LogP contribution in [0.5, 0.6) is 0 Å². The summed E-state index contributed by atoms with van der Waals surface area (Å²) in [5.74, 6) is -0.819. The first-order chi connectivity index (χ1) is 22.7. The monoisotopic (exact) mass is 664 g/mol. The van der Waals surface area contributed by atoms with Crippen LogP contribution in [-0.2, 0) is 0 Å². The highest BCUT2D eigenvalue weighted by Gasteiger charge is 2.18. The zero-order valence-corrected chi connectivity index (χ0v) is 28.6. The number of amides is 1. The van der Waals surface area contributed by atoms with E-state index in [-0.39, 0.29) is 17.5 Å². The first kappa shape index (κ1) is 39.1. The number of nitrogens with one attached hydrogen (secondary N) is 1. The number of hydrogen-bond donors (Lipinski definition) is 1. The lowest BCUT2D eigenvalue weighted by molar-refractivity contribution is 0.0983. The van der Waals surface area contributed by atoms with E-state index in [0.717, 1.165) is 51.5 Å². The van der Waals surface area contributed by atoms with E-state index in [1.807, 2.05) is 36.4 Å². The zero-order valence-electron chi connectivity index (χ0n) is 27.8. The number of anilines is 2. The summed E-state index contributed by atoms with van der Waals surface area (Å²) >= 11 is 5.09. The predicted molar refractivity (Wildman–Crippen MR) is 192 cm³/mol. The summed E-state index contributed by atoms with van der Waals surface area (Å²) in [6, 6.07) is 30.7. The minimum atomic E-state index is -0.569. The van der Waals surface area contributed by atoms with Crippen LogP contribution in [0.4, 0.5) is 20.2 Å². The molecule has 0 fully saturated rings. The molecule has 4 aromatic carbocycles. The van der Waals surface area contributed by atoms with Gasteiger partial charge in [-0.1, -0.05) is 64.1 Å². The highest BCUT2D eigenvalue weighted by Crippen LogP contribution is 2.17. The van der Waals surface area contributed by atoms with Gasteiger partial charge < -0.3 is 20.0 Å². The summed E-state index contributed by atoms with van der Waals surface area (Å²) in [7, 11) is 0. The summed E-state index contributed by atoms with van der Waals surface area (Å²) in [5, 5.41) is 2.83. The maximum absolute atomic E-state index is 13.1. The Bertz CT molecular complexity index is 1420. The van der Waals surface area contributed by atoms with Crippen LogP contribution in [0.25, 0.3) is 0 Å². The van der Waals surface area contributed by atoms with Gasteiger partial charge in [-0.2, -0.15) is 0 Å². The third kappa shape index (κ3) is 14.9. The molecule has 6 nitrogen and oxygen atoms in total. The second-order valence-electron chi connectivity index (χ2n) is 10.4. The molecule has 252 valence electrons. The maximum Gasteiger partial charge on any atom is 0.258 e. The highest BCUT2D eigenvalue weighted by molar-refractivity contribution is 6.67. The van der Waals surface area contributed by atoms with Gasteiger partial charge in [0.25, 0.3) is 11.1 Å². The average Bonchev–Trinajstić information content (AvgIpc) is 3.10. The highest BCUT2D eigenvalue weighted by atomic mass is 35.5. The molecule has 0 bridgehead atoms. The normalized spacial score (nSPS) is 10.4. The van der Waals surface area contributed by atoms with E-state index in [1.165, 1.54) is 54.2 Å². The molecule has 1 N–H and O–H groups in total. The molecule has 0 aliphatic carbocycles. The lowest BCUT2D eigenvalue weighted by atomic mass is 10.1. The standard InChI is InChI=1S/C19H23FN2O.C12H20N2.C7H4ClFO/c1-3-21(4-2)14-15-22(18-8-6-5-7-9-18)19(23)16-10-12-17(20)13-11-16;1-3-14(4-2)11-10-13-12-8-6-5-7-9-12;8-7(10)5-1-3-6(9)4-2-5/h5-13H,3-4,14-15H2,1-2H3;5-9,13H,3-4,10-11H2,1-2H3;1-4H. The Morgan fingerprint density at radius 1 is 0.596 bits per heavy atom. The summed E-state index contributed by atoms with van der Waals surface area (Å²) < 4.78 is 25.3. The SMILES string of the molecule is CCN(CC)CCN(C(=O)c1ccc(F)cc1)c1ccccc1.CCN(CC)CCNc1ccccc1.O=C(Cl)c1ccc(F)cc1. The van der Waals surface area contributed by atoms with Gasteiger partial charge in [0.2, 0.25) is 0 Å². The molecular weight excluding hydrogens is 618 g/mol. The van der Waals surface area contributed by atoms with E-state index in [4.69, 9.17) is 11.6 Å². The Morgan fingerprint density at radius 3 is 1.51 bits per heavy atom. The predicted octanol–water partition coefficient (Wildman–Crippen LogP) is 8.46. The van der Waals surface area contributed by atoms with Crippen LogP contribution in [0.15, 0.2) is 109 Å². The van der Waals surface area contributed by atoms with Gasteiger partial charge in [0, 0.05) is 48.7 Å². The third-order valence-electron chi connectivity index (χ3n) is 7.44. The largest absolute Gasteiger partial charge is 0.384 e. The van der Waals surface area contributed by atoms with E-state index in [0.29, 0.717) is 17.7 Å². The Balaban J connectivity index is 0.000000271. The number of hydrogen-bond acceptors (Lipinski definition) is 5. The Hall–Kier alpha value is -4.11. The average molecular weight is 665 g/mol.